The van der Waals surface area contributed by atoms with Crippen molar-refractivity contribution in [2.45, 2.75) is 0 Å². The number of phenolic OH excluding ortho intramolecular Hbond substituents is 1. The maximum absolute atomic E-state index is 11.0. The summed E-state index contributed by atoms with van der Waals surface area (Å²) in [6.45, 7) is 0. The highest BCUT2D eigenvalue weighted by atomic mass is 32.2. The van der Waals surface area contributed by atoms with Gasteiger partial charge in [0.1, 0.15) is 5.75 Å². The zero-order valence-corrected chi connectivity index (χ0v) is 7.80. The second-order valence-electron chi connectivity index (χ2n) is 2.33. The molecule has 6 heteroatoms. The maximum atomic E-state index is 11.0. The van der Waals surface area contributed by atoms with Gasteiger partial charge in [-0.1, -0.05) is 12.1 Å². The molecule has 0 radical (unpaired) electrons. The normalized spacial score (nSPS) is 11.2. The van der Waals surface area contributed by atoms with Gasteiger partial charge in [-0.2, -0.15) is 8.42 Å². The fourth-order valence-electron chi connectivity index (χ4n) is 0.756. The van der Waals surface area contributed by atoms with Gasteiger partial charge in [0.15, 0.2) is 0 Å². The van der Waals surface area contributed by atoms with Gasteiger partial charge in [0.2, 0.25) is 0 Å². The monoisotopic (exact) mass is 202 g/mol. The minimum Gasteiger partial charge on any atom is -0.506 e. The predicted molar refractivity (Wildman–Crippen MR) is 49.7 cm³/mol. The molecule has 0 aliphatic heterocycles. The lowest BCUT2D eigenvalue weighted by atomic mass is 10.3. The molecule has 1 rings (SSSR count). The highest BCUT2D eigenvalue weighted by molar-refractivity contribution is 7.90. The van der Waals surface area contributed by atoms with E-state index in [2.05, 4.69) is 9.44 Å². The number of aromatic hydroxyl groups is 1. The summed E-state index contributed by atoms with van der Waals surface area (Å²) in [7, 11) is -2.27. The standard InChI is InChI=1S/C7H10N2O3S/c1-8-13(11,12)9-6-4-2-3-5-7(6)10/h2-5,8-10H,1H3. The summed E-state index contributed by atoms with van der Waals surface area (Å²) in [4.78, 5) is 0. The van der Waals surface area contributed by atoms with E-state index in [1.165, 1.54) is 19.2 Å². The molecule has 0 bridgehead atoms. The lowest BCUT2D eigenvalue weighted by Crippen LogP contribution is -2.26. The molecule has 0 unspecified atom stereocenters. The van der Waals surface area contributed by atoms with Crippen LogP contribution < -0.4 is 9.44 Å². The summed E-state index contributed by atoms with van der Waals surface area (Å²) >= 11 is 0. The molecule has 0 amide bonds. The third-order valence-electron chi connectivity index (χ3n) is 1.42. The molecule has 1 aromatic rings. The van der Waals surface area contributed by atoms with Crippen LogP contribution in [0.15, 0.2) is 24.3 Å². The first-order valence-corrected chi connectivity index (χ1v) is 5.03. The Kier molecular flexibility index (Phi) is 2.74. The first kappa shape index (κ1) is 9.82. The highest BCUT2D eigenvalue weighted by Crippen LogP contribution is 2.21. The number of nitrogens with one attached hydrogen (secondary N) is 2. The molecule has 0 aromatic heterocycles. The molecule has 3 N–H and O–H groups in total. The zero-order valence-electron chi connectivity index (χ0n) is 6.98. The Hall–Kier alpha value is -1.27. The minimum absolute atomic E-state index is 0.110. The van der Waals surface area contributed by atoms with Crippen molar-refractivity contribution in [3.05, 3.63) is 24.3 Å². The Balaban J connectivity index is 2.93. The van der Waals surface area contributed by atoms with E-state index in [0.29, 0.717) is 0 Å². The molecule has 0 heterocycles. The van der Waals surface area contributed by atoms with E-state index in [-0.39, 0.29) is 11.4 Å². The van der Waals surface area contributed by atoms with Crippen LogP contribution in [-0.4, -0.2) is 20.6 Å². The summed E-state index contributed by atoms with van der Waals surface area (Å²) in [5.74, 6) is -0.110. The van der Waals surface area contributed by atoms with Crippen molar-refractivity contribution < 1.29 is 13.5 Å². The fourth-order valence-corrected chi connectivity index (χ4v) is 1.32. The molecule has 0 fully saturated rings. The van der Waals surface area contributed by atoms with E-state index in [0.717, 1.165) is 0 Å². The second-order valence-corrected chi connectivity index (χ2v) is 3.95. The lowest BCUT2D eigenvalue weighted by molar-refractivity contribution is 0.477. The van der Waals surface area contributed by atoms with Crippen LogP contribution in [-0.2, 0) is 10.2 Å². The SMILES string of the molecule is CNS(=O)(=O)Nc1ccccc1O. The van der Waals surface area contributed by atoms with Gasteiger partial charge < -0.3 is 5.11 Å². The van der Waals surface area contributed by atoms with Crippen molar-refractivity contribution in [1.82, 2.24) is 4.72 Å². The summed E-state index contributed by atoms with van der Waals surface area (Å²) in [6, 6.07) is 6.08. The van der Waals surface area contributed by atoms with Crippen molar-refractivity contribution in [3.63, 3.8) is 0 Å². The molecule has 0 saturated heterocycles. The molecule has 1 aromatic carbocycles. The van der Waals surface area contributed by atoms with Crippen LogP contribution in [0.5, 0.6) is 5.75 Å². The van der Waals surface area contributed by atoms with Crippen molar-refractivity contribution in [1.29, 1.82) is 0 Å². The van der Waals surface area contributed by atoms with Gasteiger partial charge >= 0.3 is 0 Å². The van der Waals surface area contributed by atoms with Gasteiger partial charge in [-0.15, -0.1) is 0 Å². The van der Waals surface area contributed by atoms with Gasteiger partial charge in [0, 0.05) is 7.05 Å². The number of anilines is 1. The van der Waals surface area contributed by atoms with Crippen molar-refractivity contribution in [2.24, 2.45) is 0 Å². The van der Waals surface area contributed by atoms with Gasteiger partial charge in [-0.05, 0) is 12.1 Å². The summed E-state index contributed by atoms with van der Waals surface area (Å²) < 4.78 is 26.2. The largest absolute Gasteiger partial charge is 0.506 e. The van der Waals surface area contributed by atoms with Gasteiger partial charge in [-0.25, -0.2) is 4.72 Å². The molecule has 0 atom stereocenters. The second kappa shape index (κ2) is 3.63. The Labute approximate surface area is 76.6 Å². The Bertz CT molecular complexity index is 388. The van der Waals surface area contributed by atoms with Crippen LogP contribution in [0.1, 0.15) is 0 Å². The number of benzene rings is 1. The Morgan fingerprint density at radius 2 is 1.92 bits per heavy atom. The molecular weight excluding hydrogens is 192 g/mol. The number of hydrogen-bond donors (Lipinski definition) is 3. The van der Waals surface area contributed by atoms with Crippen LogP contribution in [0.4, 0.5) is 5.69 Å². The molecule has 0 spiro atoms. The third kappa shape index (κ3) is 2.60. The average Bonchev–Trinajstić information content (AvgIpc) is 2.09. The average molecular weight is 202 g/mol. The smallest absolute Gasteiger partial charge is 0.298 e. The van der Waals surface area contributed by atoms with E-state index in [9.17, 15) is 13.5 Å². The highest BCUT2D eigenvalue weighted by Gasteiger charge is 2.08. The number of hydrogen-bond acceptors (Lipinski definition) is 3. The lowest BCUT2D eigenvalue weighted by Gasteiger charge is -2.07. The van der Waals surface area contributed by atoms with Crippen LogP contribution in [0, 0.1) is 0 Å². The topological polar surface area (TPSA) is 78.4 Å². The number of rotatable bonds is 3. The van der Waals surface area contributed by atoms with E-state index < -0.39 is 10.2 Å². The number of para-hydroxylation sites is 2. The summed E-state index contributed by atoms with van der Waals surface area (Å²) in [5.41, 5.74) is 0.150. The summed E-state index contributed by atoms with van der Waals surface area (Å²) in [6.07, 6.45) is 0. The van der Waals surface area contributed by atoms with Crippen LogP contribution in [0.2, 0.25) is 0 Å². The van der Waals surface area contributed by atoms with Gasteiger partial charge in [0.25, 0.3) is 10.2 Å². The molecule has 5 nitrogen and oxygen atoms in total. The van der Waals surface area contributed by atoms with Crippen LogP contribution in [0.25, 0.3) is 0 Å². The van der Waals surface area contributed by atoms with E-state index in [1.807, 2.05) is 0 Å². The third-order valence-corrected chi connectivity index (χ3v) is 2.44. The van der Waals surface area contributed by atoms with Gasteiger partial charge in [0.05, 0.1) is 5.69 Å². The maximum Gasteiger partial charge on any atom is 0.298 e. The first-order valence-electron chi connectivity index (χ1n) is 3.54. The van der Waals surface area contributed by atoms with E-state index in [1.54, 1.807) is 12.1 Å². The Morgan fingerprint density at radius 1 is 1.31 bits per heavy atom. The molecule has 0 saturated carbocycles. The van der Waals surface area contributed by atoms with Crippen molar-refractivity contribution >= 4 is 15.9 Å². The number of phenols is 1. The van der Waals surface area contributed by atoms with Crippen LogP contribution >= 0.6 is 0 Å². The van der Waals surface area contributed by atoms with Crippen molar-refractivity contribution in [3.8, 4) is 5.75 Å². The summed E-state index contributed by atoms with van der Waals surface area (Å²) in [5, 5.41) is 9.21. The van der Waals surface area contributed by atoms with Crippen molar-refractivity contribution in [2.75, 3.05) is 11.8 Å². The molecular formula is C7H10N2O3S. The molecule has 0 aliphatic carbocycles. The van der Waals surface area contributed by atoms with E-state index >= 15 is 0 Å². The molecule has 13 heavy (non-hydrogen) atoms. The fraction of sp³-hybridized carbons (Fsp3) is 0.143. The van der Waals surface area contributed by atoms with Crippen LogP contribution in [0.3, 0.4) is 0 Å². The zero-order chi connectivity index (χ0) is 9.90. The molecule has 72 valence electrons. The molecule has 0 aliphatic rings. The van der Waals surface area contributed by atoms with E-state index in [4.69, 9.17) is 0 Å². The van der Waals surface area contributed by atoms with Gasteiger partial charge in [-0.3, -0.25) is 4.72 Å². The predicted octanol–water partition coefficient (Wildman–Crippen LogP) is 0.268. The first-order chi connectivity index (χ1) is 6.05. The Morgan fingerprint density at radius 3 is 2.46 bits per heavy atom. The minimum atomic E-state index is -3.56. The quantitative estimate of drug-likeness (QED) is 0.615.